The van der Waals surface area contributed by atoms with Crippen molar-refractivity contribution in [2.24, 2.45) is 0 Å². The zero-order valence-electron chi connectivity index (χ0n) is 19.6. The van der Waals surface area contributed by atoms with Crippen LogP contribution in [0.2, 0.25) is 0 Å². The van der Waals surface area contributed by atoms with Crippen LogP contribution in [0.5, 0.6) is 5.75 Å². The lowest BCUT2D eigenvalue weighted by Gasteiger charge is -2.26. The quantitative estimate of drug-likeness (QED) is 0.362. The maximum Gasteiger partial charge on any atom is 0.266 e. The number of amides is 1. The number of carbonyl (C=O) groups is 1. The number of furan rings is 1. The van der Waals surface area contributed by atoms with Crippen LogP contribution in [0.15, 0.2) is 75.5 Å². The number of hydrogen-bond acceptors (Lipinski definition) is 7. The highest BCUT2D eigenvalue weighted by Gasteiger charge is 2.26. The largest absolute Gasteiger partial charge is 0.492 e. The van der Waals surface area contributed by atoms with E-state index in [0.717, 1.165) is 0 Å². The van der Waals surface area contributed by atoms with Crippen LogP contribution in [0, 0.1) is 11.3 Å². The molecule has 3 aromatic rings. The number of benzene rings is 2. The van der Waals surface area contributed by atoms with Gasteiger partial charge in [-0.15, -0.1) is 0 Å². The number of nitrogens with one attached hydrogen (secondary N) is 1. The Hall–Kier alpha value is -3.91. The SMILES string of the molecule is CCOc1ccccc1NC(=O)C(C#N)=Cc1ccc(-c2ccc(S(=O)(=O)N3CCOCC3)cc2)o1. The Morgan fingerprint density at radius 1 is 1.11 bits per heavy atom. The molecule has 1 fully saturated rings. The summed E-state index contributed by atoms with van der Waals surface area (Å²) in [5, 5.41) is 12.2. The van der Waals surface area contributed by atoms with Gasteiger partial charge in [-0.1, -0.05) is 12.1 Å². The van der Waals surface area contributed by atoms with Gasteiger partial charge in [0, 0.05) is 24.7 Å². The van der Waals surface area contributed by atoms with Gasteiger partial charge < -0.3 is 19.2 Å². The van der Waals surface area contributed by atoms with Gasteiger partial charge in [-0.2, -0.15) is 9.57 Å². The second kappa shape index (κ2) is 11.2. The minimum absolute atomic E-state index is 0.144. The number of para-hydroxylation sites is 2. The molecule has 9 nitrogen and oxygen atoms in total. The van der Waals surface area contributed by atoms with Crippen molar-refractivity contribution in [1.29, 1.82) is 5.26 Å². The third-order valence-corrected chi connectivity index (χ3v) is 7.37. The number of anilines is 1. The monoisotopic (exact) mass is 507 g/mol. The van der Waals surface area contributed by atoms with Crippen LogP contribution >= 0.6 is 0 Å². The number of hydrogen-bond donors (Lipinski definition) is 1. The van der Waals surface area contributed by atoms with Crippen molar-refractivity contribution in [2.75, 3.05) is 38.2 Å². The van der Waals surface area contributed by atoms with Gasteiger partial charge in [0.15, 0.2) is 0 Å². The van der Waals surface area contributed by atoms with E-state index < -0.39 is 15.9 Å². The molecule has 0 radical (unpaired) electrons. The van der Waals surface area contributed by atoms with Crippen molar-refractivity contribution in [3.05, 3.63) is 72.0 Å². The average molecular weight is 508 g/mol. The lowest BCUT2D eigenvalue weighted by molar-refractivity contribution is -0.112. The molecule has 36 heavy (non-hydrogen) atoms. The highest BCUT2D eigenvalue weighted by atomic mass is 32.2. The van der Waals surface area contributed by atoms with E-state index in [1.54, 1.807) is 48.5 Å². The molecular formula is C26H25N3O6S. The van der Waals surface area contributed by atoms with Crippen LogP contribution in [-0.2, 0) is 19.6 Å². The summed E-state index contributed by atoms with van der Waals surface area (Å²) < 4.78 is 43.6. The van der Waals surface area contributed by atoms with Crippen molar-refractivity contribution in [3.63, 3.8) is 0 Å². The van der Waals surface area contributed by atoms with E-state index in [2.05, 4.69) is 5.32 Å². The van der Waals surface area contributed by atoms with E-state index in [1.165, 1.54) is 22.5 Å². The van der Waals surface area contributed by atoms with Gasteiger partial charge >= 0.3 is 0 Å². The summed E-state index contributed by atoms with van der Waals surface area (Å²) in [6, 6.07) is 18.5. The van der Waals surface area contributed by atoms with Crippen molar-refractivity contribution >= 4 is 27.7 Å². The number of nitrogens with zero attached hydrogens (tertiary/aromatic N) is 2. The predicted molar refractivity (Wildman–Crippen MR) is 134 cm³/mol. The van der Waals surface area contributed by atoms with E-state index >= 15 is 0 Å². The van der Waals surface area contributed by atoms with Crippen molar-refractivity contribution < 1.29 is 27.1 Å². The Morgan fingerprint density at radius 3 is 2.53 bits per heavy atom. The molecule has 2 heterocycles. The first-order valence-corrected chi connectivity index (χ1v) is 12.8. The zero-order chi connectivity index (χ0) is 25.5. The molecule has 1 saturated heterocycles. The van der Waals surface area contributed by atoms with Gasteiger partial charge in [0.25, 0.3) is 5.91 Å². The maximum absolute atomic E-state index is 12.8. The van der Waals surface area contributed by atoms with Gasteiger partial charge in [-0.05, 0) is 55.5 Å². The second-order valence-electron chi connectivity index (χ2n) is 7.80. The molecule has 0 bridgehead atoms. The van der Waals surface area contributed by atoms with Gasteiger partial charge in [-0.25, -0.2) is 8.42 Å². The number of sulfonamides is 1. The number of nitriles is 1. The average Bonchev–Trinajstić information content (AvgIpc) is 3.38. The number of morpholine rings is 1. The molecule has 1 aliphatic heterocycles. The fourth-order valence-electron chi connectivity index (χ4n) is 3.64. The van der Waals surface area contributed by atoms with Crippen LogP contribution in [0.3, 0.4) is 0 Å². The number of ether oxygens (including phenoxy) is 2. The Kier molecular flexibility index (Phi) is 7.85. The summed E-state index contributed by atoms with van der Waals surface area (Å²) in [5.74, 6) is 0.682. The molecule has 10 heteroatoms. The number of rotatable bonds is 8. The summed E-state index contributed by atoms with van der Waals surface area (Å²) in [5.41, 5.74) is 0.969. The number of carbonyl (C=O) groups excluding carboxylic acids is 1. The minimum Gasteiger partial charge on any atom is -0.492 e. The Morgan fingerprint density at radius 2 is 1.83 bits per heavy atom. The molecule has 0 atom stereocenters. The molecule has 4 rings (SSSR count). The summed E-state index contributed by atoms with van der Waals surface area (Å²) in [4.78, 5) is 12.9. The van der Waals surface area contributed by atoms with Gasteiger partial charge in [0.2, 0.25) is 10.0 Å². The molecule has 0 spiro atoms. The molecule has 1 aromatic heterocycles. The lowest BCUT2D eigenvalue weighted by Crippen LogP contribution is -2.40. The lowest BCUT2D eigenvalue weighted by atomic mass is 10.2. The first-order chi connectivity index (χ1) is 17.4. The van der Waals surface area contributed by atoms with Crippen molar-refractivity contribution in [2.45, 2.75) is 11.8 Å². The van der Waals surface area contributed by atoms with Crippen LogP contribution in [0.1, 0.15) is 12.7 Å². The molecule has 1 N–H and O–H groups in total. The van der Waals surface area contributed by atoms with Crippen molar-refractivity contribution in [1.82, 2.24) is 4.31 Å². The molecular weight excluding hydrogens is 482 g/mol. The smallest absolute Gasteiger partial charge is 0.266 e. The minimum atomic E-state index is -3.59. The van der Waals surface area contributed by atoms with Crippen LogP contribution in [0.25, 0.3) is 17.4 Å². The summed E-state index contributed by atoms with van der Waals surface area (Å²) in [6.45, 7) is 3.67. The van der Waals surface area contributed by atoms with E-state index in [9.17, 15) is 18.5 Å². The summed E-state index contributed by atoms with van der Waals surface area (Å²) in [6.07, 6.45) is 1.35. The molecule has 1 aliphatic rings. The Balaban J connectivity index is 1.49. The summed E-state index contributed by atoms with van der Waals surface area (Å²) in [7, 11) is -3.59. The Bertz CT molecular complexity index is 1400. The molecule has 1 amide bonds. The predicted octanol–water partition coefficient (Wildman–Crippen LogP) is 3.91. The molecule has 0 aliphatic carbocycles. The van der Waals surface area contributed by atoms with Crippen molar-refractivity contribution in [3.8, 4) is 23.1 Å². The van der Waals surface area contributed by atoms with Crippen LogP contribution < -0.4 is 10.1 Å². The van der Waals surface area contributed by atoms with E-state index in [-0.39, 0.29) is 10.5 Å². The summed E-state index contributed by atoms with van der Waals surface area (Å²) >= 11 is 0. The first kappa shape index (κ1) is 25.2. The topological polar surface area (TPSA) is 122 Å². The Labute approximate surface area is 209 Å². The highest BCUT2D eigenvalue weighted by Crippen LogP contribution is 2.27. The fraction of sp³-hybridized carbons (Fsp3) is 0.231. The molecule has 186 valence electrons. The normalized spacial score (nSPS) is 14.7. The van der Waals surface area contributed by atoms with E-state index in [1.807, 2.05) is 13.0 Å². The van der Waals surface area contributed by atoms with E-state index in [0.29, 0.717) is 61.4 Å². The highest BCUT2D eigenvalue weighted by molar-refractivity contribution is 7.89. The second-order valence-corrected chi connectivity index (χ2v) is 9.73. The third-order valence-electron chi connectivity index (χ3n) is 5.46. The first-order valence-electron chi connectivity index (χ1n) is 11.4. The maximum atomic E-state index is 12.8. The van der Waals surface area contributed by atoms with E-state index in [4.69, 9.17) is 13.9 Å². The standard InChI is InChI=1S/C26H25N3O6S/c1-2-34-25-6-4-3-5-23(25)28-26(30)20(18-27)17-21-9-12-24(35-21)19-7-10-22(11-8-19)36(31,32)29-13-15-33-16-14-29/h3-12,17H,2,13-16H2,1H3,(H,28,30). The van der Waals surface area contributed by atoms with Gasteiger partial charge in [-0.3, -0.25) is 4.79 Å². The fourth-order valence-corrected chi connectivity index (χ4v) is 5.05. The van der Waals surface area contributed by atoms with Crippen LogP contribution in [0.4, 0.5) is 5.69 Å². The van der Waals surface area contributed by atoms with Gasteiger partial charge in [0.05, 0.1) is 30.4 Å². The molecule has 0 saturated carbocycles. The molecule has 0 unspecified atom stereocenters. The zero-order valence-corrected chi connectivity index (χ0v) is 20.5. The third kappa shape index (κ3) is 5.66. The molecule has 2 aromatic carbocycles. The van der Waals surface area contributed by atoms with Gasteiger partial charge in [0.1, 0.15) is 28.9 Å². The van der Waals surface area contributed by atoms with Crippen LogP contribution in [-0.4, -0.2) is 51.5 Å².